The lowest BCUT2D eigenvalue weighted by molar-refractivity contribution is 0.0495. The molecule has 0 fully saturated rings. The quantitative estimate of drug-likeness (QED) is 0.0542. The first-order valence-electron chi connectivity index (χ1n) is 24.3. The van der Waals surface area contributed by atoms with Crippen LogP contribution in [0.5, 0.6) is 23.0 Å². The number of carboxylic acid groups (broad SMARTS) is 1. The van der Waals surface area contributed by atoms with E-state index in [4.69, 9.17) is 19.3 Å². The predicted molar refractivity (Wildman–Crippen MR) is 278 cm³/mol. The molecule has 0 aliphatic heterocycles. The van der Waals surface area contributed by atoms with E-state index in [0.717, 1.165) is 36.8 Å². The average molecular weight is 925 g/mol. The Hall–Kier alpha value is -6.54. The van der Waals surface area contributed by atoms with Crippen molar-refractivity contribution in [3.05, 3.63) is 190 Å². The molecule has 0 saturated heterocycles. The number of esters is 1. The maximum Gasteiger partial charge on any atom is 0.342 e. The van der Waals surface area contributed by atoms with Gasteiger partial charge in [0.15, 0.2) is 0 Å². The molecule has 8 nitrogen and oxygen atoms in total. The Morgan fingerprint density at radius 3 is 1.18 bits per heavy atom. The van der Waals surface area contributed by atoms with Gasteiger partial charge in [-0.3, -0.25) is 0 Å². The van der Waals surface area contributed by atoms with Crippen LogP contribution in [0.3, 0.4) is 0 Å². The van der Waals surface area contributed by atoms with E-state index in [1.807, 2.05) is 19.1 Å². The van der Waals surface area contributed by atoms with E-state index in [9.17, 15) is 19.8 Å². The molecule has 0 aliphatic carbocycles. The fourth-order valence-corrected chi connectivity index (χ4v) is 6.66. The molecule has 0 aliphatic rings. The Balaban J connectivity index is 0.000000260. The highest BCUT2D eigenvalue weighted by atomic mass is 16.5. The lowest BCUT2D eigenvalue weighted by Gasteiger charge is -2.12. The first-order valence-corrected chi connectivity index (χ1v) is 24.3. The number of unbranched alkanes of at least 4 members (excludes halogenated alkanes) is 1. The lowest BCUT2D eigenvalue weighted by atomic mass is 9.98. The summed E-state index contributed by atoms with van der Waals surface area (Å²) in [5.74, 6) is 1.36. The third-order valence-corrected chi connectivity index (χ3v) is 12.2. The van der Waals surface area contributed by atoms with E-state index in [-0.39, 0.29) is 22.6 Å². The van der Waals surface area contributed by atoms with Crippen molar-refractivity contribution in [1.29, 1.82) is 0 Å². The summed E-state index contributed by atoms with van der Waals surface area (Å²) < 4.78 is 16.5. The van der Waals surface area contributed by atoms with Crippen LogP contribution in [0.15, 0.2) is 146 Å². The zero-order valence-corrected chi connectivity index (χ0v) is 41.9. The van der Waals surface area contributed by atoms with Gasteiger partial charge in [-0.15, -0.1) is 0 Å². The Bertz CT molecular complexity index is 2280. The number of benzene rings is 6. The number of phenols is 2. The molecule has 6 rings (SSSR count). The van der Waals surface area contributed by atoms with Gasteiger partial charge in [0.1, 0.15) is 47.3 Å². The SMILES string of the molecule is CCC(C)c1ccc(COc2ccc(O)c(C(=O)O)c2)cc1.CCC(C)c1ccccc1.CCC(C)c1ccccc1.CCCCOC(=O)c1cc(OCc2ccc(C(C)CC)cc2)ccc1O. The first-order chi connectivity index (χ1) is 32.7. The van der Waals surface area contributed by atoms with Crippen LogP contribution in [0.4, 0.5) is 0 Å². The van der Waals surface area contributed by atoms with E-state index in [1.54, 1.807) is 12.1 Å². The minimum atomic E-state index is -1.18. The molecule has 6 aromatic carbocycles. The van der Waals surface area contributed by atoms with Crippen LogP contribution >= 0.6 is 0 Å². The minimum absolute atomic E-state index is 0.100. The van der Waals surface area contributed by atoms with Crippen LogP contribution in [0.25, 0.3) is 0 Å². The molecule has 4 unspecified atom stereocenters. The molecule has 8 heteroatoms. The zero-order chi connectivity index (χ0) is 49.8. The fraction of sp³-hybridized carbons (Fsp3) is 0.367. The van der Waals surface area contributed by atoms with Crippen molar-refractivity contribution in [2.24, 2.45) is 0 Å². The number of phenolic OH excluding ortho intramolecular Hbond substituents is 1. The van der Waals surface area contributed by atoms with E-state index < -0.39 is 11.9 Å². The number of carboxylic acids is 1. The predicted octanol–water partition coefficient (Wildman–Crippen LogP) is 16.0. The van der Waals surface area contributed by atoms with Gasteiger partial charge in [-0.2, -0.15) is 0 Å². The smallest absolute Gasteiger partial charge is 0.342 e. The molecule has 0 heterocycles. The van der Waals surface area contributed by atoms with Gasteiger partial charge in [-0.25, -0.2) is 9.59 Å². The zero-order valence-electron chi connectivity index (χ0n) is 41.9. The summed E-state index contributed by atoms with van der Waals surface area (Å²) in [6.45, 7) is 20.8. The maximum absolute atomic E-state index is 12.1. The van der Waals surface area contributed by atoms with Crippen molar-refractivity contribution in [2.75, 3.05) is 6.61 Å². The molecule has 0 radical (unpaired) electrons. The molecule has 0 aromatic heterocycles. The van der Waals surface area contributed by atoms with Crippen molar-refractivity contribution in [2.45, 2.75) is 138 Å². The number of hydrogen-bond donors (Lipinski definition) is 3. The highest BCUT2D eigenvalue weighted by molar-refractivity contribution is 5.93. The molecule has 364 valence electrons. The molecule has 0 bridgehead atoms. The lowest BCUT2D eigenvalue weighted by Crippen LogP contribution is -2.07. The topological polar surface area (TPSA) is 123 Å². The van der Waals surface area contributed by atoms with Crippen molar-refractivity contribution in [3.63, 3.8) is 0 Å². The molecular formula is C60H76O8. The second kappa shape index (κ2) is 30.7. The van der Waals surface area contributed by atoms with Crippen molar-refractivity contribution < 1.29 is 39.1 Å². The summed E-state index contributed by atoms with van der Waals surface area (Å²) in [5.41, 5.74) is 7.54. The van der Waals surface area contributed by atoms with E-state index in [1.165, 1.54) is 59.4 Å². The minimum Gasteiger partial charge on any atom is -0.507 e. The highest BCUT2D eigenvalue weighted by Gasteiger charge is 2.15. The summed E-state index contributed by atoms with van der Waals surface area (Å²) in [4.78, 5) is 23.0. The van der Waals surface area contributed by atoms with Crippen LogP contribution in [-0.4, -0.2) is 33.9 Å². The summed E-state index contributed by atoms with van der Waals surface area (Å²) >= 11 is 0. The van der Waals surface area contributed by atoms with E-state index >= 15 is 0 Å². The largest absolute Gasteiger partial charge is 0.507 e. The summed E-state index contributed by atoms with van der Waals surface area (Å²) in [6, 6.07) is 46.7. The molecular weight excluding hydrogens is 849 g/mol. The van der Waals surface area contributed by atoms with E-state index in [2.05, 4.69) is 152 Å². The molecule has 0 saturated carbocycles. The number of aromatic carboxylic acids is 1. The van der Waals surface area contributed by atoms with Gasteiger partial charge in [-0.05, 0) is 126 Å². The maximum atomic E-state index is 12.1. The summed E-state index contributed by atoms with van der Waals surface area (Å²) in [7, 11) is 0. The second-order valence-electron chi connectivity index (χ2n) is 17.3. The molecule has 0 amide bonds. The monoisotopic (exact) mass is 925 g/mol. The van der Waals surface area contributed by atoms with Gasteiger partial charge in [0, 0.05) is 0 Å². The third kappa shape index (κ3) is 19.4. The van der Waals surface area contributed by atoms with Gasteiger partial charge in [0.05, 0.1) is 6.61 Å². The third-order valence-electron chi connectivity index (χ3n) is 12.2. The van der Waals surface area contributed by atoms with Crippen LogP contribution in [0, 0.1) is 0 Å². The number of ether oxygens (including phenoxy) is 3. The first kappa shape index (κ1) is 55.8. The standard InChI is InChI=1S/C22H28O4.C18H20O4.2C10H14/c1-4-6-13-25-22(24)20-14-19(11-12-21(20)23)26-15-17-7-9-18(10-8-17)16(3)5-2;1-3-12(2)14-6-4-13(5-7-14)11-22-15-8-9-17(19)16(10-15)18(20)21;2*1-3-9(2)10-7-5-4-6-8-10/h7-12,14,16,23H,4-6,13,15H2,1-3H3;4-10,12,19H,3,11H2,1-2H3,(H,20,21);2*4-9H,3H2,1-2H3. The molecule has 4 atom stereocenters. The number of carbonyl (C=O) groups excluding carboxylic acids is 1. The Morgan fingerprint density at radius 1 is 0.471 bits per heavy atom. The summed E-state index contributed by atoms with van der Waals surface area (Å²) in [5, 5.41) is 28.3. The van der Waals surface area contributed by atoms with Crippen molar-refractivity contribution in [3.8, 4) is 23.0 Å². The number of rotatable bonds is 19. The van der Waals surface area contributed by atoms with E-state index in [0.29, 0.717) is 55.0 Å². The number of carbonyl (C=O) groups is 2. The number of hydrogen-bond acceptors (Lipinski definition) is 7. The van der Waals surface area contributed by atoms with Crippen molar-refractivity contribution in [1.82, 2.24) is 0 Å². The van der Waals surface area contributed by atoms with Gasteiger partial charge >= 0.3 is 11.9 Å². The molecule has 6 aromatic rings. The van der Waals surface area contributed by atoms with Crippen LogP contribution in [-0.2, 0) is 18.0 Å². The number of aromatic hydroxyl groups is 2. The average Bonchev–Trinajstić information content (AvgIpc) is 3.38. The fourth-order valence-electron chi connectivity index (χ4n) is 6.66. The van der Waals surface area contributed by atoms with Crippen molar-refractivity contribution >= 4 is 11.9 Å². The second-order valence-corrected chi connectivity index (χ2v) is 17.3. The van der Waals surface area contributed by atoms with Gasteiger partial charge in [0.25, 0.3) is 0 Å². The Labute approximate surface area is 407 Å². The Morgan fingerprint density at radius 2 is 0.824 bits per heavy atom. The molecule has 3 N–H and O–H groups in total. The van der Waals surface area contributed by atoms with Crippen LogP contribution in [0.2, 0.25) is 0 Å². The van der Waals surface area contributed by atoms with Gasteiger partial charge in [-0.1, -0.05) is 178 Å². The highest BCUT2D eigenvalue weighted by Crippen LogP contribution is 2.27. The molecule has 0 spiro atoms. The normalized spacial score (nSPS) is 12.2. The van der Waals surface area contributed by atoms with Crippen LogP contribution < -0.4 is 9.47 Å². The van der Waals surface area contributed by atoms with Crippen LogP contribution in [0.1, 0.15) is 179 Å². The summed E-state index contributed by atoms with van der Waals surface area (Å²) in [6.07, 6.45) is 6.41. The Kier molecular flexibility index (Phi) is 25.2. The van der Waals surface area contributed by atoms with Gasteiger partial charge in [0.2, 0.25) is 0 Å². The molecule has 68 heavy (non-hydrogen) atoms. The van der Waals surface area contributed by atoms with Gasteiger partial charge < -0.3 is 29.5 Å².